The number of pyridine rings is 1. The summed E-state index contributed by atoms with van der Waals surface area (Å²) in [5, 5.41) is 3.59. The van der Waals surface area contributed by atoms with E-state index >= 15 is 0 Å². The molecule has 98 valence electrons. The third-order valence-corrected chi connectivity index (χ3v) is 3.79. The lowest BCUT2D eigenvalue weighted by Crippen LogP contribution is -2.26. The molecule has 2 aromatic rings. The maximum absolute atomic E-state index is 5.98. The number of para-hydroxylation sites is 1. The number of benzene rings is 1. The Kier molecular flexibility index (Phi) is 3.47. The van der Waals surface area contributed by atoms with Crippen molar-refractivity contribution in [3.8, 4) is 0 Å². The maximum Gasteiger partial charge on any atom is 0.0605 e. The SMILES string of the molecule is Nc1ccccc1CNC1CCCc2cccnc21. The second kappa shape index (κ2) is 5.41. The average molecular weight is 253 g/mol. The molecular formula is C16H19N3. The second-order valence-electron chi connectivity index (χ2n) is 5.07. The minimum absolute atomic E-state index is 0.351. The third kappa shape index (κ3) is 2.61. The molecule has 3 rings (SSSR count). The fourth-order valence-electron chi connectivity index (χ4n) is 2.74. The zero-order chi connectivity index (χ0) is 13.1. The van der Waals surface area contributed by atoms with E-state index in [2.05, 4.69) is 22.4 Å². The van der Waals surface area contributed by atoms with Crippen molar-refractivity contribution in [2.45, 2.75) is 31.8 Å². The van der Waals surface area contributed by atoms with Crippen LogP contribution in [0, 0.1) is 0 Å². The number of hydrogen-bond donors (Lipinski definition) is 2. The van der Waals surface area contributed by atoms with Gasteiger partial charge in [-0.15, -0.1) is 0 Å². The molecule has 1 unspecified atom stereocenters. The van der Waals surface area contributed by atoms with Crippen LogP contribution in [0.2, 0.25) is 0 Å². The van der Waals surface area contributed by atoms with Crippen LogP contribution < -0.4 is 11.1 Å². The highest BCUT2D eigenvalue weighted by atomic mass is 14.9. The number of nitrogen functional groups attached to an aromatic ring is 1. The standard InChI is InChI=1S/C16H19N3/c17-14-8-2-1-5-13(14)11-19-15-9-3-6-12-7-4-10-18-16(12)15/h1-2,4-5,7-8,10,15,19H,3,6,9,11,17H2. The Morgan fingerprint density at radius 2 is 2.11 bits per heavy atom. The van der Waals surface area contributed by atoms with Crippen molar-refractivity contribution in [2.24, 2.45) is 0 Å². The van der Waals surface area contributed by atoms with Crippen LogP contribution in [-0.2, 0) is 13.0 Å². The van der Waals surface area contributed by atoms with Gasteiger partial charge < -0.3 is 11.1 Å². The first kappa shape index (κ1) is 12.2. The van der Waals surface area contributed by atoms with Crippen molar-refractivity contribution >= 4 is 5.69 Å². The van der Waals surface area contributed by atoms with E-state index in [4.69, 9.17) is 5.73 Å². The van der Waals surface area contributed by atoms with Crippen molar-refractivity contribution in [2.75, 3.05) is 5.73 Å². The summed E-state index contributed by atoms with van der Waals surface area (Å²) < 4.78 is 0. The van der Waals surface area contributed by atoms with Gasteiger partial charge in [0.25, 0.3) is 0 Å². The van der Waals surface area contributed by atoms with Crippen molar-refractivity contribution in [1.29, 1.82) is 0 Å². The molecule has 1 atom stereocenters. The number of aryl methyl sites for hydroxylation is 1. The first-order valence-corrected chi connectivity index (χ1v) is 6.85. The predicted molar refractivity (Wildman–Crippen MR) is 77.6 cm³/mol. The number of nitrogens with one attached hydrogen (secondary N) is 1. The van der Waals surface area contributed by atoms with Gasteiger partial charge >= 0.3 is 0 Å². The van der Waals surface area contributed by atoms with Crippen LogP contribution in [0.25, 0.3) is 0 Å². The van der Waals surface area contributed by atoms with Gasteiger partial charge in [-0.25, -0.2) is 0 Å². The predicted octanol–water partition coefficient (Wildman–Crippen LogP) is 2.83. The zero-order valence-corrected chi connectivity index (χ0v) is 11.0. The summed E-state index contributed by atoms with van der Waals surface area (Å²) in [5.41, 5.74) is 10.6. The Balaban J connectivity index is 1.73. The Labute approximate surface area is 113 Å². The molecular weight excluding hydrogens is 234 g/mol. The fourth-order valence-corrected chi connectivity index (χ4v) is 2.74. The van der Waals surface area contributed by atoms with Gasteiger partial charge in [-0.3, -0.25) is 4.98 Å². The Hall–Kier alpha value is -1.87. The summed E-state index contributed by atoms with van der Waals surface area (Å²) in [5.74, 6) is 0. The number of rotatable bonds is 3. The smallest absolute Gasteiger partial charge is 0.0605 e. The molecule has 0 spiro atoms. The van der Waals surface area contributed by atoms with Crippen LogP contribution in [0.3, 0.4) is 0 Å². The first-order chi connectivity index (χ1) is 9.34. The molecule has 3 heteroatoms. The average Bonchev–Trinajstić information content (AvgIpc) is 2.46. The highest BCUT2D eigenvalue weighted by molar-refractivity contribution is 5.46. The summed E-state index contributed by atoms with van der Waals surface area (Å²) in [4.78, 5) is 4.54. The molecule has 0 bridgehead atoms. The van der Waals surface area contributed by atoms with Gasteiger partial charge in [0.15, 0.2) is 0 Å². The summed E-state index contributed by atoms with van der Waals surface area (Å²) in [6, 6.07) is 12.6. The normalized spacial score (nSPS) is 18.0. The van der Waals surface area contributed by atoms with Crippen LogP contribution in [0.15, 0.2) is 42.6 Å². The minimum Gasteiger partial charge on any atom is -0.398 e. The summed E-state index contributed by atoms with van der Waals surface area (Å²) in [6.07, 6.45) is 5.40. The van der Waals surface area contributed by atoms with Crippen molar-refractivity contribution < 1.29 is 0 Å². The van der Waals surface area contributed by atoms with Crippen molar-refractivity contribution in [3.05, 3.63) is 59.4 Å². The lowest BCUT2D eigenvalue weighted by atomic mass is 9.92. The molecule has 0 fully saturated rings. The fraction of sp³-hybridized carbons (Fsp3) is 0.312. The highest BCUT2D eigenvalue weighted by Crippen LogP contribution is 2.28. The van der Waals surface area contributed by atoms with Crippen molar-refractivity contribution in [3.63, 3.8) is 0 Å². The van der Waals surface area contributed by atoms with Gasteiger partial charge in [0.2, 0.25) is 0 Å². The van der Waals surface area contributed by atoms with Crippen LogP contribution in [0.5, 0.6) is 0 Å². The maximum atomic E-state index is 5.98. The number of aromatic nitrogens is 1. The molecule has 0 saturated heterocycles. The Morgan fingerprint density at radius 3 is 3.00 bits per heavy atom. The van der Waals surface area contributed by atoms with Gasteiger partial charge in [0.05, 0.1) is 11.7 Å². The number of nitrogens with zero attached hydrogens (tertiary/aromatic N) is 1. The van der Waals surface area contributed by atoms with E-state index in [1.807, 2.05) is 30.5 Å². The van der Waals surface area contributed by atoms with E-state index in [1.54, 1.807) is 0 Å². The molecule has 0 radical (unpaired) electrons. The Morgan fingerprint density at radius 1 is 1.21 bits per heavy atom. The topological polar surface area (TPSA) is 50.9 Å². The molecule has 3 nitrogen and oxygen atoms in total. The molecule has 19 heavy (non-hydrogen) atoms. The van der Waals surface area contributed by atoms with E-state index in [1.165, 1.54) is 17.7 Å². The van der Waals surface area contributed by atoms with Crippen molar-refractivity contribution in [1.82, 2.24) is 10.3 Å². The number of fused-ring (bicyclic) bond motifs is 1. The molecule has 0 aliphatic heterocycles. The molecule has 1 aromatic heterocycles. The molecule has 1 aliphatic carbocycles. The van der Waals surface area contributed by atoms with Gasteiger partial charge in [0.1, 0.15) is 0 Å². The monoisotopic (exact) mass is 253 g/mol. The number of nitrogens with two attached hydrogens (primary N) is 1. The summed E-state index contributed by atoms with van der Waals surface area (Å²) >= 11 is 0. The molecule has 3 N–H and O–H groups in total. The molecule has 0 amide bonds. The number of anilines is 1. The molecule has 0 saturated carbocycles. The Bertz CT molecular complexity index is 565. The summed E-state index contributed by atoms with van der Waals surface area (Å²) in [6.45, 7) is 0.799. The van der Waals surface area contributed by atoms with E-state index in [-0.39, 0.29) is 0 Å². The van der Waals surface area contributed by atoms with Gasteiger partial charge in [-0.05, 0) is 42.5 Å². The lowest BCUT2D eigenvalue weighted by Gasteiger charge is -2.25. The molecule has 1 aliphatic rings. The zero-order valence-electron chi connectivity index (χ0n) is 11.0. The summed E-state index contributed by atoms with van der Waals surface area (Å²) in [7, 11) is 0. The van der Waals surface area contributed by atoms with E-state index in [0.717, 1.165) is 30.6 Å². The largest absolute Gasteiger partial charge is 0.398 e. The second-order valence-corrected chi connectivity index (χ2v) is 5.07. The third-order valence-electron chi connectivity index (χ3n) is 3.79. The number of hydrogen-bond acceptors (Lipinski definition) is 3. The minimum atomic E-state index is 0.351. The quantitative estimate of drug-likeness (QED) is 0.827. The van der Waals surface area contributed by atoms with Gasteiger partial charge in [-0.2, -0.15) is 0 Å². The molecule has 1 heterocycles. The van der Waals surface area contributed by atoms with Gasteiger partial charge in [-0.1, -0.05) is 24.3 Å². The van der Waals surface area contributed by atoms with Gasteiger partial charge in [0, 0.05) is 18.4 Å². The van der Waals surface area contributed by atoms with E-state index in [0.29, 0.717) is 6.04 Å². The van der Waals surface area contributed by atoms with Crippen LogP contribution in [-0.4, -0.2) is 4.98 Å². The first-order valence-electron chi connectivity index (χ1n) is 6.85. The van der Waals surface area contributed by atoms with Crippen LogP contribution >= 0.6 is 0 Å². The highest BCUT2D eigenvalue weighted by Gasteiger charge is 2.20. The van der Waals surface area contributed by atoms with E-state index in [9.17, 15) is 0 Å². The lowest BCUT2D eigenvalue weighted by molar-refractivity contribution is 0.448. The van der Waals surface area contributed by atoms with Crippen LogP contribution in [0.4, 0.5) is 5.69 Å². The van der Waals surface area contributed by atoms with E-state index < -0.39 is 0 Å². The van der Waals surface area contributed by atoms with Crippen LogP contribution in [0.1, 0.15) is 35.7 Å². The molecule has 1 aromatic carbocycles.